The van der Waals surface area contributed by atoms with Gasteiger partial charge in [-0.15, -0.1) is 0 Å². The number of anilines is 1. The molecule has 0 radical (unpaired) electrons. The van der Waals surface area contributed by atoms with E-state index in [1.54, 1.807) is 0 Å². The highest BCUT2D eigenvalue weighted by Crippen LogP contribution is 2.55. The van der Waals surface area contributed by atoms with Gasteiger partial charge < -0.3 is 14.5 Å². The smallest absolute Gasteiger partial charge is 0.208 e. The van der Waals surface area contributed by atoms with Gasteiger partial charge in [-0.05, 0) is 47.0 Å². The van der Waals surface area contributed by atoms with E-state index in [1.165, 1.54) is 0 Å². The van der Waals surface area contributed by atoms with Gasteiger partial charge in [-0.3, -0.25) is 4.99 Å². The molecule has 3 heterocycles. The molecule has 3 aromatic carbocycles. The predicted octanol–water partition coefficient (Wildman–Crippen LogP) is 5.41. The van der Waals surface area contributed by atoms with Crippen LogP contribution < -0.4 is 4.90 Å². The van der Waals surface area contributed by atoms with Crippen LogP contribution in [0.5, 0.6) is 0 Å². The van der Waals surface area contributed by atoms with E-state index >= 15 is 0 Å². The Morgan fingerprint density at radius 3 is 2.28 bits per heavy atom. The molecule has 3 aromatic rings. The monoisotopic (exact) mass is 471 g/mol. The fraction of sp³-hybridized carbons (Fsp3) is 0.233. The van der Waals surface area contributed by atoms with Crippen molar-refractivity contribution >= 4 is 23.2 Å². The number of morpholine rings is 1. The van der Waals surface area contributed by atoms with Crippen LogP contribution >= 0.6 is 0 Å². The second-order valence-corrected chi connectivity index (χ2v) is 9.25. The van der Waals surface area contributed by atoms with Crippen molar-refractivity contribution in [2.24, 2.45) is 10.4 Å². The van der Waals surface area contributed by atoms with Crippen molar-refractivity contribution in [2.45, 2.75) is 12.1 Å². The molecule has 6 heteroatoms. The molecule has 2 saturated heterocycles. The molecule has 6 rings (SSSR count). The molecule has 3 aliphatic heterocycles. The Morgan fingerprint density at radius 1 is 0.861 bits per heavy atom. The molecule has 0 N–H and O–H groups in total. The van der Waals surface area contributed by atoms with Crippen LogP contribution in [0.1, 0.15) is 28.8 Å². The zero-order valence-corrected chi connectivity index (χ0v) is 19.8. The third-order valence-electron chi connectivity index (χ3n) is 7.33. The zero-order chi connectivity index (χ0) is 24.5. The third kappa shape index (κ3) is 3.47. The third-order valence-corrected chi connectivity index (χ3v) is 7.33. The molecule has 0 saturated carbocycles. The average molecular weight is 472 g/mol. The van der Waals surface area contributed by atoms with E-state index in [1.807, 2.05) is 60.8 Å². The molecule has 0 aromatic heterocycles. The molecule has 6 nitrogen and oxygen atoms in total. The first-order valence-electron chi connectivity index (χ1n) is 12.2. The molecule has 2 unspecified atom stereocenters. The SMILES string of the molecule is N#CC1(C#N)C(=Nc2ccc(N3CCOCC3)cc2)C2c3ccccc3C=CN2C1c1ccccc1. The summed E-state index contributed by atoms with van der Waals surface area (Å²) in [5, 5.41) is 21.2. The van der Waals surface area contributed by atoms with Crippen LogP contribution in [0, 0.1) is 28.1 Å². The van der Waals surface area contributed by atoms with Crippen LogP contribution in [-0.4, -0.2) is 36.9 Å². The predicted molar refractivity (Wildman–Crippen MR) is 139 cm³/mol. The summed E-state index contributed by atoms with van der Waals surface area (Å²) in [6.45, 7) is 3.17. The maximum absolute atomic E-state index is 10.6. The summed E-state index contributed by atoms with van der Waals surface area (Å²) in [5.41, 5.74) is 4.02. The first kappa shape index (κ1) is 22.1. The number of hydrogen-bond donors (Lipinski definition) is 0. The van der Waals surface area contributed by atoms with Crippen LogP contribution in [0.25, 0.3) is 6.08 Å². The van der Waals surface area contributed by atoms with Gasteiger partial charge in [-0.1, -0.05) is 54.6 Å². The second-order valence-electron chi connectivity index (χ2n) is 9.25. The minimum Gasteiger partial charge on any atom is -0.378 e. The van der Waals surface area contributed by atoms with Crippen LogP contribution in [-0.2, 0) is 4.74 Å². The molecule has 0 aliphatic carbocycles. The van der Waals surface area contributed by atoms with E-state index in [0.717, 1.165) is 54.4 Å². The lowest BCUT2D eigenvalue weighted by atomic mass is 9.76. The summed E-state index contributed by atoms with van der Waals surface area (Å²) in [6, 6.07) is 30.0. The molecule has 0 amide bonds. The van der Waals surface area contributed by atoms with Gasteiger partial charge in [0.2, 0.25) is 5.41 Å². The van der Waals surface area contributed by atoms with Crippen molar-refractivity contribution in [1.29, 1.82) is 10.5 Å². The Balaban J connectivity index is 1.50. The highest BCUT2D eigenvalue weighted by molar-refractivity contribution is 6.05. The van der Waals surface area contributed by atoms with Gasteiger partial charge in [0.15, 0.2) is 0 Å². The summed E-state index contributed by atoms with van der Waals surface area (Å²) in [4.78, 5) is 9.47. The molecule has 0 spiro atoms. The lowest BCUT2D eigenvalue weighted by Crippen LogP contribution is -2.36. The fourth-order valence-electron chi connectivity index (χ4n) is 5.59. The van der Waals surface area contributed by atoms with E-state index in [-0.39, 0.29) is 6.04 Å². The zero-order valence-electron chi connectivity index (χ0n) is 19.8. The van der Waals surface area contributed by atoms with E-state index in [9.17, 15) is 10.5 Å². The molecule has 176 valence electrons. The standard InChI is InChI=1S/C30H25N5O/c31-20-30(21-32)28(33-24-10-12-25(13-11-24)34-16-18-36-19-17-34)27-26-9-5-4-6-22(26)14-15-35(27)29(30)23-7-2-1-3-8-23/h1-15,27,29H,16-19H2. The molecule has 0 bridgehead atoms. The molecular formula is C30H25N5O. The van der Waals surface area contributed by atoms with Crippen molar-refractivity contribution in [3.8, 4) is 12.1 Å². The van der Waals surface area contributed by atoms with Crippen molar-refractivity contribution in [3.63, 3.8) is 0 Å². The van der Waals surface area contributed by atoms with Crippen LogP contribution in [0.4, 0.5) is 11.4 Å². The number of fused-ring (bicyclic) bond motifs is 3. The number of ether oxygens (including phenoxy) is 1. The lowest BCUT2D eigenvalue weighted by Gasteiger charge is -2.33. The summed E-state index contributed by atoms with van der Waals surface area (Å²) in [5.74, 6) is 0. The number of hydrogen-bond acceptors (Lipinski definition) is 6. The van der Waals surface area contributed by atoms with Gasteiger partial charge in [0.25, 0.3) is 0 Å². The molecule has 2 fully saturated rings. The molecule has 36 heavy (non-hydrogen) atoms. The second kappa shape index (κ2) is 9.00. The Labute approximate surface area is 211 Å². The minimum atomic E-state index is -1.45. The number of aliphatic imine (C=N–C) groups is 1. The first-order chi connectivity index (χ1) is 17.7. The van der Waals surface area contributed by atoms with Crippen LogP contribution in [0.2, 0.25) is 0 Å². The van der Waals surface area contributed by atoms with Crippen LogP contribution in [0.15, 0.2) is 90.1 Å². The van der Waals surface area contributed by atoms with Crippen molar-refractivity contribution in [2.75, 3.05) is 31.2 Å². The minimum absolute atomic E-state index is 0.311. The number of benzene rings is 3. The normalized spacial score (nSPS) is 23.0. The van der Waals surface area contributed by atoms with E-state index < -0.39 is 11.5 Å². The Morgan fingerprint density at radius 2 is 1.56 bits per heavy atom. The number of nitriles is 2. The Kier molecular flexibility index (Phi) is 5.52. The van der Waals surface area contributed by atoms with Gasteiger partial charge >= 0.3 is 0 Å². The summed E-state index contributed by atoms with van der Waals surface area (Å²) in [7, 11) is 0. The maximum Gasteiger partial charge on any atom is 0.208 e. The van der Waals surface area contributed by atoms with E-state index in [0.29, 0.717) is 5.71 Å². The van der Waals surface area contributed by atoms with Crippen LogP contribution in [0.3, 0.4) is 0 Å². The van der Waals surface area contributed by atoms with Crippen molar-refractivity contribution < 1.29 is 4.74 Å². The van der Waals surface area contributed by atoms with Gasteiger partial charge in [0, 0.05) is 25.0 Å². The van der Waals surface area contributed by atoms with Crippen molar-refractivity contribution in [1.82, 2.24) is 4.90 Å². The van der Waals surface area contributed by atoms with Gasteiger partial charge in [0.1, 0.15) is 0 Å². The highest BCUT2D eigenvalue weighted by atomic mass is 16.5. The Hall–Kier alpha value is -4.39. The summed E-state index contributed by atoms with van der Waals surface area (Å²) >= 11 is 0. The topological polar surface area (TPSA) is 75.6 Å². The molecule has 2 atom stereocenters. The molecular weight excluding hydrogens is 446 g/mol. The van der Waals surface area contributed by atoms with Gasteiger partial charge in [-0.2, -0.15) is 10.5 Å². The largest absolute Gasteiger partial charge is 0.378 e. The fourth-order valence-corrected chi connectivity index (χ4v) is 5.59. The Bertz CT molecular complexity index is 1390. The number of rotatable bonds is 3. The number of nitrogens with zero attached hydrogens (tertiary/aromatic N) is 5. The summed E-state index contributed by atoms with van der Waals surface area (Å²) < 4.78 is 5.47. The quantitative estimate of drug-likeness (QED) is 0.510. The van der Waals surface area contributed by atoms with E-state index in [4.69, 9.17) is 9.73 Å². The highest BCUT2D eigenvalue weighted by Gasteiger charge is 2.59. The first-order valence-corrected chi connectivity index (χ1v) is 12.2. The lowest BCUT2D eigenvalue weighted by molar-refractivity contribution is 0.122. The van der Waals surface area contributed by atoms with Crippen molar-refractivity contribution in [3.05, 3.63) is 102 Å². The van der Waals surface area contributed by atoms with Gasteiger partial charge in [-0.25, -0.2) is 0 Å². The van der Waals surface area contributed by atoms with Gasteiger partial charge in [0.05, 0.1) is 48.8 Å². The van der Waals surface area contributed by atoms with E-state index in [2.05, 4.69) is 52.3 Å². The summed E-state index contributed by atoms with van der Waals surface area (Å²) in [6.07, 6.45) is 4.07. The maximum atomic E-state index is 10.6. The molecule has 3 aliphatic rings. The average Bonchev–Trinajstić information content (AvgIpc) is 3.24.